The number of likely N-dealkylation sites (tertiary alicyclic amines) is 1. The van der Waals surface area contributed by atoms with Gasteiger partial charge in [0.1, 0.15) is 5.82 Å². The lowest BCUT2D eigenvalue weighted by Crippen LogP contribution is -2.43. The van der Waals surface area contributed by atoms with Gasteiger partial charge in [-0.25, -0.2) is 4.39 Å². The Morgan fingerprint density at radius 1 is 0.963 bits per heavy atom. The molecule has 0 aliphatic carbocycles. The first kappa shape index (κ1) is 19.1. The largest absolute Gasteiger partial charge is 0.356 e. The Morgan fingerprint density at radius 3 is 2.30 bits per heavy atom. The number of carbonyl (C=O) groups excluding carboxylic acids is 2. The van der Waals surface area contributed by atoms with Crippen molar-refractivity contribution in [2.24, 2.45) is 5.92 Å². The summed E-state index contributed by atoms with van der Waals surface area (Å²) in [6.07, 6.45) is 2.49. The van der Waals surface area contributed by atoms with E-state index in [1.54, 1.807) is 12.1 Å². The standard InChI is InChI=1S/C22H25FN2O2/c23-20-8-6-17(7-9-20)10-13-24-22(27)19-11-14-25(15-12-19)21(26)16-18-4-2-1-3-5-18/h1-9,19H,10-16H2,(H,24,27). The van der Waals surface area contributed by atoms with Crippen molar-refractivity contribution in [2.75, 3.05) is 19.6 Å². The zero-order chi connectivity index (χ0) is 19.1. The second-order valence-electron chi connectivity index (χ2n) is 6.98. The third-order valence-electron chi connectivity index (χ3n) is 5.04. The third kappa shape index (κ3) is 5.64. The molecule has 1 aliphatic heterocycles. The molecule has 0 unspecified atom stereocenters. The Labute approximate surface area is 159 Å². The van der Waals surface area contributed by atoms with Gasteiger partial charge in [-0.15, -0.1) is 0 Å². The predicted molar refractivity (Wildman–Crippen MR) is 103 cm³/mol. The Bertz CT molecular complexity index is 754. The van der Waals surface area contributed by atoms with Crippen molar-refractivity contribution < 1.29 is 14.0 Å². The molecule has 1 N–H and O–H groups in total. The van der Waals surface area contributed by atoms with Gasteiger partial charge in [0.05, 0.1) is 6.42 Å². The quantitative estimate of drug-likeness (QED) is 0.852. The Hall–Kier alpha value is -2.69. The molecule has 0 aromatic heterocycles. The lowest BCUT2D eigenvalue weighted by molar-refractivity contribution is -0.135. The topological polar surface area (TPSA) is 49.4 Å². The van der Waals surface area contributed by atoms with Crippen molar-refractivity contribution in [1.82, 2.24) is 10.2 Å². The molecule has 0 atom stereocenters. The van der Waals surface area contributed by atoms with Crippen LogP contribution in [0.4, 0.5) is 4.39 Å². The van der Waals surface area contributed by atoms with Crippen molar-refractivity contribution in [2.45, 2.75) is 25.7 Å². The van der Waals surface area contributed by atoms with Gasteiger partial charge in [-0.3, -0.25) is 9.59 Å². The summed E-state index contributed by atoms with van der Waals surface area (Å²) >= 11 is 0. The minimum Gasteiger partial charge on any atom is -0.356 e. The number of carbonyl (C=O) groups is 2. The van der Waals surface area contributed by atoms with Crippen molar-refractivity contribution in [3.05, 3.63) is 71.5 Å². The highest BCUT2D eigenvalue weighted by atomic mass is 19.1. The second-order valence-corrected chi connectivity index (χ2v) is 6.98. The van der Waals surface area contributed by atoms with Gasteiger partial charge in [-0.2, -0.15) is 0 Å². The molecule has 2 aromatic rings. The molecule has 0 radical (unpaired) electrons. The highest BCUT2D eigenvalue weighted by Gasteiger charge is 2.27. The fraction of sp³-hybridized carbons (Fsp3) is 0.364. The van der Waals surface area contributed by atoms with E-state index in [4.69, 9.17) is 0 Å². The van der Waals surface area contributed by atoms with E-state index >= 15 is 0 Å². The number of benzene rings is 2. The van der Waals surface area contributed by atoms with Gasteiger partial charge in [0.15, 0.2) is 0 Å². The molecule has 2 aromatic carbocycles. The fourth-order valence-electron chi connectivity index (χ4n) is 3.40. The van der Waals surface area contributed by atoms with Crippen molar-refractivity contribution >= 4 is 11.8 Å². The number of hydrogen-bond acceptors (Lipinski definition) is 2. The van der Waals surface area contributed by atoms with Crippen molar-refractivity contribution in [1.29, 1.82) is 0 Å². The Balaban J connectivity index is 1.38. The number of piperidine rings is 1. The van der Waals surface area contributed by atoms with Crippen LogP contribution in [-0.2, 0) is 22.4 Å². The number of nitrogens with zero attached hydrogens (tertiary/aromatic N) is 1. The van der Waals surface area contributed by atoms with Crippen LogP contribution in [0.5, 0.6) is 0 Å². The third-order valence-corrected chi connectivity index (χ3v) is 5.04. The smallest absolute Gasteiger partial charge is 0.226 e. The van der Waals surface area contributed by atoms with Gasteiger partial charge in [-0.05, 0) is 42.5 Å². The summed E-state index contributed by atoms with van der Waals surface area (Å²) in [7, 11) is 0. The van der Waals surface area contributed by atoms with Gasteiger partial charge in [-0.1, -0.05) is 42.5 Å². The predicted octanol–water partition coefficient (Wildman–Crippen LogP) is 2.97. The van der Waals surface area contributed by atoms with Crippen LogP contribution in [0.3, 0.4) is 0 Å². The molecular weight excluding hydrogens is 343 g/mol. The highest BCUT2D eigenvalue weighted by molar-refractivity contribution is 5.81. The maximum Gasteiger partial charge on any atom is 0.226 e. The summed E-state index contributed by atoms with van der Waals surface area (Å²) in [6, 6.07) is 16.1. The summed E-state index contributed by atoms with van der Waals surface area (Å²) < 4.78 is 12.9. The molecule has 0 saturated carbocycles. The van der Waals surface area contributed by atoms with E-state index in [1.807, 2.05) is 35.2 Å². The van der Waals surface area contributed by atoms with Gasteiger partial charge >= 0.3 is 0 Å². The summed E-state index contributed by atoms with van der Waals surface area (Å²) in [6.45, 7) is 1.79. The molecule has 142 valence electrons. The Kier molecular flexibility index (Phi) is 6.58. The van der Waals surface area contributed by atoms with Gasteiger partial charge in [0, 0.05) is 25.6 Å². The van der Waals surface area contributed by atoms with Crippen molar-refractivity contribution in [3.8, 4) is 0 Å². The van der Waals surface area contributed by atoms with E-state index < -0.39 is 0 Å². The molecule has 0 spiro atoms. The van der Waals surface area contributed by atoms with Crippen molar-refractivity contribution in [3.63, 3.8) is 0 Å². The lowest BCUT2D eigenvalue weighted by Gasteiger charge is -2.31. The molecule has 1 saturated heterocycles. The van der Waals surface area contributed by atoms with Gasteiger partial charge in [0.25, 0.3) is 0 Å². The lowest BCUT2D eigenvalue weighted by atomic mass is 9.95. The second kappa shape index (κ2) is 9.31. The van der Waals surface area contributed by atoms with Crippen LogP contribution >= 0.6 is 0 Å². The summed E-state index contributed by atoms with van der Waals surface area (Å²) in [5, 5.41) is 2.96. The molecule has 4 nitrogen and oxygen atoms in total. The van der Waals surface area contributed by atoms with E-state index in [0.717, 1.165) is 11.1 Å². The SMILES string of the molecule is O=C(NCCc1ccc(F)cc1)C1CCN(C(=O)Cc2ccccc2)CC1. The number of hydrogen-bond donors (Lipinski definition) is 1. The number of amides is 2. The number of rotatable bonds is 6. The number of halogens is 1. The average Bonchev–Trinajstić information content (AvgIpc) is 2.70. The first-order valence-corrected chi connectivity index (χ1v) is 9.45. The van der Waals surface area contributed by atoms with E-state index in [9.17, 15) is 14.0 Å². The fourth-order valence-corrected chi connectivity index (χ4v) is 3.40. The highest BCUT2D eigenvalue weighted by Crippen LogP contribution is 2.18. The van der Waals surface area contributed by atoms with Crippen LogP contribution in [0.15, 0.2) is 54.6 Å². The zero-order valence-corrected chi connectivity index (χ0v) is 15.4. The van der Waals surface area contributed by atoms with Crippen LogP contribution in [0.25, 0.3) is 0 Å². The summed E-state index contributed by atoms with van der Waals surface area (Å²) in [4.78, 5) is 26.6. The minimum atomic E-state index is -0.253. The number of nitrogens with one attached hydrogen (secondary N) is 1. The van der Waals surface area contributed by atoms with Gasteiger partial charge < -0.3 is 10.2 Å². The molecule has 27 heavy (non-hydrogen) atoms. The van der Waals surface area contributed by atoms with Crippen LogP contribution in [0.1, 0.15) is 24.0 Å². The van der Waals surface area contributed by atoms with Crippen LogP contribution in [0, 0.1) is 11.7 Å². The molecule has 1 aliphatic rings. The van der Waals surface area contributed by atoms with Crippen LogP contribution in [0.2, 0.25) is 0 Å². The zero-order valence-electron chi connectivity index (χ0n) is 15.4. The molecular formula is C22H25FN2O2. The molecule has 0 bridgehead atoms. The first-order valence-electron chi connectivity index (χ1n) is 9.45. The van der Waals surface area contributed by atoms with E-state index in [0.29, 0.717) is 45.3 Å². The Morgan fingerprint density at radius 2 is 1.63 bits per heavy atom. The maximum absolute atomic E-state index is 12.9. The molecule has 2 amide bonds. The van der Waals surface area contributed by atoms with Gasteiger partial charge in [0.2, 0.25) is 11.8 Å². The molecule has 5 heteroatoms. The normalized spacial score (nSPS) is 14.8. The monoisotopic (exact) mass is 368 g/mol. The average molecular weight is 368 g/mol. The molecule has 3 rings (SSSR count). The molecule has 1 fully saturated rings. The van der Waals surface area contributed by atoms with E-state index in [-0.39, 0.29) is 23.5 Å². The molecule has 1 heterocycles. The van der Waals surface area contributed by atoms with Crippen LogP contribution in [-0.4, -0.2) is 36.3 Å². The summed E-state index contributed by atoms with van der Waals surface area (Å²) in [5.41, 5.74) is 2.01. The first-order chi connectivity index (χ1) is 13.1. The summed E-state index contributed by atoms with van der Waals surface area (Å²) in [5.74, 6) is -0.126. The minimum absolute atomic E-state index is 0.0426. The maximum atomic E-state index is 12.9. The van der Waals surface area contributed by atoms with E-state index in [1.165, 1.54) is 12.1 Å². The van der Waals surface area contributed by atoms with E-state index in [2.05, 4.69) is 5.32 Å². The van der Waals surface area contributed by atoms with Crippen LogP contribution < -0.4 is 5.32 Å².